The second-order valence-corrected chi connectivity index (χ2v) is 5.75. The lowest BCUT2D eigenvalue weighted by molar-refractivity contribution is 0.624. The van der Waals surface area contributed by atoms with E-state index in [1.165, 1.54) is 12.1 Å². The maximum absolute atomic E-state index is 13.0. The third-order valence-electron chi connectivity index (χ3n) is 2.61. The fourth-order valence-electron chi connectivity index (χ4n) is 1.67. The summed E-state index contributed by atoms with van der Waals surface area (Å²) >= 11 is 6.71. The Morgan fingerprint density at radius 1 is 1.22 bits per heavy atom. The van der Waals surface area contributed by atoms with Gasteiger partial charge < -0.3 is 5.73 Å². The van der Waals surface area contributed by atoms with Crippen LogP contribution in [-0.4, -0.2) is 4.98 Å². The quantitative estimate of drug-likeness (QED) is 0.883. The van der Waals surface area contributed by atoms with Gasteiger partial charge in [-0.25, -0.2) is 4.39 Å². The van der Waals surface area contributed by atoms with E-state index >= 15 is 0 Å². The van der Waals surface area contributed by atoms with Crippen molar-refractivity contribution in [3.8, 4) is 0 Å². The van der Waals surface area contributed by atoms with Gasteiger partial charge in [-0.3, -0.25) is 4.98 Å². The molecule has 1 heterocycles. The summed E-state index contributed by atoms with van der Waals surface area (Å²) < 4.78 is 14.6. The SMILES string of the molecule is NC(Cc1ccc(F)cc1Br)c1cncc(Br)c1. The molecule has 0 fully saturated rings. The molecule has 1 aromatic carbocycles. The van der Waals surface area contributed by atoms with Crippen molar-refractivity contribution in [1.29, 1.82) is 0 Å². The minimum atomic E-state index is -0.261. The Kier molecular flexibility index (Phi) is 4.48. The molecule has 1 unspecified atom stereocenters. The maximum Gasteiger partial charge on any atom is 0.124 e. The molecule has 5 heteroatoms. The number of nitrogens with two attached hydrogens (primary N) is 1. The highest BCUT2D eigenvalue weighted by Gasteiger charge is 2.10. The van der Waals surface area contributed by atoms with Gasteiger partial charge in [0, 0.05) is 27.4 Å². The van der Waals surface area contributed by atoms with Crippen molar-refractivity contribution in [1.82, 2.24) is 4.98 Å². The van der Waals surface area contributed by atoms with Crippen molar-refractivity contribution in [2.24, 2.45) is 5.73 Å². The summed E-state index contributed by atoms with van der Waals surface area (Å²) in [7, 11) is 0. The van der Waals surface area contributed by atoms with Crippen LogP contribution in [0.2, 0.25) is 0 Å². The first kappa shape index (κ1) is 13.6. The predicted molar refractivity (Wildman–Crippen MR) is 76.7 cm³/mol. The molecule has 0 radical (unpaired) electrons. The summed E-state index contributed by atoms with van der Waals surface area (Å²) in [6.45, 7) is 0. The molecule has 2 rings (SSSR count). The first-order valence-corrected chi connectivity index (χ1v) is 6.95. The Labute approximate surface area is 122 Å². The van der Waals surface area contributed by atoms with Crippen molar-refractivity contribution in [2.45, 2.75) is 12.5 Å². The molecule has 0 aliphatic rings. The number of aromatic nitrogens is 1. The highest BCUT2D eigenvalue weighted by molar-refractivity contribution is 9.10. The lowest BCUT2D eigenvalue weighted by atomic mass is 10.0. The number of nitrogens with zero attached hydrogens (tertiary/aromatic N) is 1. The van der Waals surface area contributed by atoms with Crippen molar-refractivity contribution in [3.63, 3.8) is 0 Å². The van der Waals surface area contributed by atoms with Gasteiger partial charge in [0.25, 0.3) is 0 Å². The molecular weight excluding hydrogens is 363 g/mol. The third kappa shape index (κ3) is 3.37. The maximum atomic E-state index is 13.0. The van der Waals surface area contributed by atoms with Crippen molar-refractivity contribution in [2.75, 3.05) is 0 Å². The number of benzene rings is 1. The number of pyridine rings is 1. The summed E-state index contributed by atoms with van der Waals surface area (Å²) in [5, 5.41) is 0. The average Bonchev–Trinajstić information content (AvgIpc) is 2.32. The molecule has 0 spiro atoms. The van der Waals surface area contributed by atoms with E-state index in [0.29, 0.717) is 6.42 Å². The number of hydrogen-bond acceptors (Lipinski definition) is 2. The lowest BCUT2D eigenvalue weighted by Gasteiger charge is -2.13. The third-order valence-corrected chi connectivity index (χ3v) is 3.78. The monoisotopic (exact) mass is 372 g/mol. The first-order chi connectivity index (χ1) is 8.56. The van der Waals surface area contributed by atoms with Gasteiger partial charge in [-0.05, 0) is 51.7 Å². The molecule has 2 aromatic rings. The molecule has 1 aromatic heterocycles. The molecular formula is C13H11Br2FN2. The van der Waals surface area contributed by atoms with Crippen LogP contribution in [0.1, 0.15) is 17.2 Å². The topological polar surface area (TPSA) is 38.9 Å². The van der Waals surface area contributed by atoms with Gasteiger partial charge in [0.2, 0.25) is 0 Å². The van der Waals surface area contributed by atoms with E-state index in [1.54, 1.807) is 18.5 Å². The zero-order valence-electron chi connectivity index (χ0n) is 9.41. The minimum absolute atomic E-state index is 0.170. The van der Waals surface area contributed by atoms with Gasteiger partial charge in [-0.15, -0.1) is 0 Å². The standard InChI is InChI=1S/C13H11Br2FN2/c14-10-3-9(6-18-7-10)13(17)4-8-1-2-11(16)5-12(8)15/h1-3,5-7,13H,4,17H2. The molecule has 1 atom stereocenters. The van der Waals surface area contributed by atoms with E-state index in [0.717, 1.165) is 20.1 Å². The van der Waals surface area contributed by atoms with Gasteiger partial charge >= 0.3 is 0 Å². The van der Waals surface area contributed by atoms with Gasteiger partial charge in [0.05, 0.1) is 0 Å². The smallest absolute Gasteiger partial charge is 0.124 e. The van der Waals surface area contributed by atoms with Gasteiger partial charge in [-0.1, -0.05) is 22.0 Å². The van der Waals surface area contributed by atoms with Gasteiger partial charge in [0.1, 0.15) is 5.82 Å². The Bertz CT molecular complexity index is 560. The van der Waals surface area contributed by atoms with E-state index < -0.39 is 0 Å². The van der Waals surface area contributed by atoms with Crippen LogP contribution in [0.15, 0.2) is 45.6 Å². The van der Waals surface area contributed by atoms with E-state index in [-0.39, 0.29) is 11.9 Å². The summed E-state index contributed by atoms with van der Waals surface area (Å²) in [6, 6.07) is 6.39. The summed E-state index contributed by atoms with van der Waals surface area (Å²) in [4.78, 5) is 4.08. The Balaban J connectivity index is 2.18. The predicted octanol–water partition coefficient (Wildman–Crippen LogP) is 3.99. The number of halogens is 3. The fourth-order valence-corrected chi connectivity index (χ4v) is 2.57. The summed E-state index contributed by atoms with van der Waals surface area (Å²) in [5.41, 5.74) is 8.05. The van der Waals surface area contributed by atoms with Gasteiger partial charge in [-0.2, -0.15) is 0 Å². The molecule has 0 aliphatic carbocycles. The minimum Gasteiger partial charge on any atom is -0.324 e. The molecule has 2 nitrogen and oxygen atoms in total. The van der Waals surface area contributed by atoms with Crippen molar-refractivity contribution in [3.05, 3.63) is 62.5 Å². The number of rotatable bonds is 3. The van der Waals surface area contributed by atoms with Crippen LogP contribution < -0.4 is 5.73 Å². The average molecular weight is 374 g/mol. The van der Waals surface area contributed by atoms with E-state index in [9.17, 15) is 4.39 Å². The normalized spacial score (nSPS) is 12.4. The highest BCUT2D eigenvalue weighted by atomic mass is 79.9. The fraction of sp³-hybridized carbons (Fsp3) is 0.154. The van der Waals surface area contributed by atoms with E-state index in [1.807, 2.05) is 6.07 Å². The molecule has 0 amide bonds. The molecule has 18 heavy (non-hydrogen) atoms. The van der Waals surface area contributed by atoms with Crippen LogP contribution in [0.3, 0.4) is 0 Å². The van der Waals surface area contributed by atoms with Crippen LogP contribution in [0.5, 0.6) is 0 Å². The zero-order chi connectivity index (χ0) is 13.1. The van der Waals surface area contributed by atoms with E-state index in [2.05, 4.69) is 36.8 Å². The molecule has 94 valence electrons. The van der Waals surface area contributed by atoms with Crippen LogP contribution in [0.25, 0.3) is 0 Å². The Morgan fingerprint density at radius 2 is 2.00 bits per heavy atom. The van der Waals surface area contributed by atoms with Crippen LogP contribution in [-0.2, 0) is 6.42 Å². The van der Waals surface area contributed by atoms with Gasteiger partial charge in [0.15, 0.2) is 0 Å². The summed E-state index contributed by atoms with van der Waals surface area (Å²) in [5.74, 6) is -0.261. The van der Waals surface area contributed by atoms with E-state index in [4.69, 9.17) is 5.73 Å². The molecule has 2 N–H and O–H groups in total. The Morgan fingerprint density at radius 3 is 2.67 bits per heavy atom. The van der Waals surface area contributed by atoms with Crippen LogP contribution in [0.4, 0.5) is 4.39 Å². The van der Waals surface area contributed by atoms with Crippen LogP contribution in [0, 0.1) is 5.82 Å². The number of hydrogen-bond donors (Lipinski definition) is 1. The second-order valence-electron chi connectivity index (χ2n) is 3.98. The van der Waals surface area contributed by atoms with Crippen LogP contribution >= 0.6 is 31.9 Å². The Hall–Kier alpha value is -0.780. The lowest BCUT2D eigenvalue weighted by Crippen LogP contribution is -2.14. The van der Waals surface area contributed by atoms with Crippen molar-refractivity contribution < 1.29 is 4.39 Å². The molecule has 0 saturated heterocycles. The largest absolute Gasteiger partial charge is 0.324 e. The highest BCUT2D eigenvalue weighted by Crippen LogP contribution is 2.24. The zero-order valence-corrected chi connectivity index (χ0v) is 12.6. The van der Waals surface area contributed by atoms with Crippen molar-refractivity contribution >= 4 is 31.9 Å². The molecule has 0 aliphatic heterocycles. The molecule has 0 saturated carbocycles. The second kappa shape index (κ2) is 5.91. The first-order valence-electron chi connectivity index (χ1n) is 5.36. The summed E-state index contributed by atoms with van der Waals surface area (Å²) in [6.07, 6.45) is 4.08. The molecule has 0 bridgehead atoms.